The minimum absolute atomic E-state index is 0.470. The Morgan fingerprint density at radius 2 is 1.85 bits per heavy atom. The molecule has 1 aromatic carbocycles. The van der Waals surface area contributed by atoms with Crippen molar-refractivity contribution in [1.82, 2.24) is 20.5 Å². The van der Waals surface area contributed by atoms with E-state index in [1.54, 1.807) is 0 Å². The molecule has 0 unspecified atom stereocenters. The van der Waals surface area contributed by atoms with Crippen LogP contribution in [-0.2, 0) is 19.4 Å². The molecule has 0 spiro atoms. The van der Waals surface area contributed by atoms with Gasteiger partial charge in [0.2, 0.25) is 0 Å². The molecule has 1 saturated heterocycles. The lowest BCUT2D eigenvalue weighted by atomic mass is 9.89. The summed E-state index contributed by atoms with van der Waals surface area (Å²) in [5, 5.41) is 7.66. The van der Waals surface area contributed by atoms with E-state index in [1.807, 2.05) is 6.20 Å². The first-order valence-electron chi connectivity index (χ1n) is 13.2. The zero-order valence-corrected chi connectivity index (χ0v) is 20.8. The number of fused-ring (bicyclic) bond motifs is 2. The maximum absolute atomic E-state index is 4.88. The second-order valence-electron chi connectivity index (χ2n) is 10.0. The van der Waals surface area contributed by atoms with Gasteiger partial charge in [0.15, 0.2) is 0 Å². The minimum atomic E-state index is 0.470. The standard InChI is InChI=1S/C28H40N4S/c1-2-8-24-20-31-26(19-23(24)7-1)21-32(16-4-3-14-29-25-12-17-33-18-13-25)27-11-5-9-22-10-6-15-30-28(22)27/h1-2,6-8,10,15,25-27,29,31H,3-5,9,11-14,16-21H2/t26-,27+/m1/s1. The molecular weight excluding hydrogens is 424 g/mol. The Morgan fingerprint density at radius 3 is 2.76 bits per heavy atom. The Balaban J connectivity index is 1.21. The van der Waals surface area contributed by atoms with Crippen molar-refractivity contribution in [3.8, 4) is 0 Å². The third-order valence-electron chi connectivity index (χ3n) is 7.75. The summed E-state index contributed by atoms with van der Waals surface area (Å²) in [5.41, 5.74) is 5.81. The molecule has 2 N–H and O–H groups in total. The molecule has 1 fully saturated rings. The maximum atomic E-state index is 4.88. The summed E-state index contributed by atoms with van der Waals surface area (Å²) in [6.45, 7) is 4.44. The third-order valence-corrected chi connectivity index (χ3v) is 8.80. The molecule has 2 aliphatic heterocycles. The largest absolute Gasteiger partial charge is 0.314 e. The Morgan fingerprint density at radius 1 is 1.00 bits per heavy atom. The average molecular weight is 465 g/mol. The van der Waals surface area contributed by atoms with Gasteiger partial charge in [-0.3, -0.25) is 9.88 Å². The Bertz CT molecular complexity index is 882. The van der Waals surface area contributed by atoms with Crippen molar-refractivity contribution in [2.75, 3.05) is 31.1 Å². The number of pyridine rings is 1. The number of nitrogens with zero attached hydrogens (tertiary/aromatic N) is 2. The molecule has 5 rings (SSSR count). The summed E-state index contributed by atoms with van der Waals surface area (Å²) in [7, 11) is 0. The monoisotopic (exact) mass is 464 g/mol. The van der Waals surface area contributed by atoms with Gasteiger partial charge in [0.05, 0.1) is 11.7 Å². The highest BCUT2D eigenvalue weighted by Crippen LogP contribution is 2.33. The van der Waals surface area contributed by atoms with Crippen molar-refractivity contribution in [3.05, 3.63) is 65.0 Å². The second kappa shape index (κ2) is 11.8. The highest BCUT2D eigenvalue weighted by atomic mass is 32.2. The molecule has 33 heavy (non-hydrogen) atoms. The van der Waals surface area contributed by atoms with Crippen LogP contribution in [0.3, 0.4) is 0 Å². The highest BCUT2D eigenvalue weighted by molar-refractivity contribution is 7.99. The predicted molar refractivity (Wildman–Crippen MR) is 140 cm³/mol. The van der Waals surface area contributed by atoms with Crippen LogP contribution in [0.1, 0.15) is 67.0 Å². The van der Waals surface area contributed by atoms with Crippen molar-refractivity contribution < 1.29 is 0 Å². The normalized spacial score (nSPS) is 23.3. The number of benzene rings is 1. The number of aryl methyl sites for hydroxylation is 1. The number of unbranched alkanes of at least 4 members (excludes halogenated alkanes) is 1. The van der Waals surface area contributed by atoms with E-state index in [-0.39, 0.29) is 0 Å². The fourth-order valence-electron chi connectivity index (χ4n) is 5.90. The van der Waals surface area contributed by atoms with Gasteiger partial charge < -0.3 is 10.6 Å². The average Bonchev–Trinajstić information content (AvgIpc) is 2.88. The molecule has 0 bridgehead atoms. The molecule has 1 aliphatic carbocycles. The highest BCUT2D eigenvalue weighted by Gasteiger charge is 2.29. The molecule has 3 heterocycles. The summed E-state index contributed by atoms with van der Waals surface area (Å²) < 4.78 is 0. The molecule has 4 nitrogen and oxygen atoms in total. The SMILES string of the molecule is c1ccc2c(c1)CN[C@@H](CN(CCCCNC1CCSCC1)[C@H]1CCCc3cccnc31)C2. The second-order valence-corrected chi connectivity index (χ2v) is 11.3. The number of aromatic nitrogens is 1. The van der Waals surface area contributed by atoms with Crippen molar-refractivity contribution in [2.45, 2.75) is 76.0 Å². The van der Waals surface area contributed by atoms with Gasteiger partial charge in [-0.25, -0.2) is 0 Å². The summed E-state index contributed by atoms with van der Waals surface area (Å²) in [6.07, 6.45) is 12.1. The molecule has 5 heteroatoms. The van der Waals surface area contributed by atoms with Crippen LogP contribution >= 0.6 is 11.8 Å². The van der Waals surface area contributed by atoms with Gasteiger partial charge in [-0.1, -0.05) is 30.3 Å². The van der Waals surface area contributed by atoms with E-state index in [0.29, 0.717) is 12.1 Å². The summed E-state index contributed by atoms with van der Waals surface area (Å²) >= 11 is 2.11. The van der Waals surface area contributed by atoms with Crippen LogP contribution in [0.5, 0.6) is 0 Å². The van der Waals surface area contributed by atoms with Gasteiger partial charge in [0.25, 0.3) is 0 Å². The van der Waals surface area contributed by atoms with E-state index in [1.165, 1.54) is 85.4 Å². The maximum Gasteiger partial charge on any atom is 0.0607 e. The lowest BCUT2D eigenvalue weighted by Gasteiger charge is -2.38. The van der Waals surface area contributed by atoms with Crippen molar-refractivity contribution >= 4 is 11.8 Å². The van der Waals surface area contributed by atoms with Gasteiger partial charge in [-0.15, -0.1) is 0 Å². The number of hydrogen-bond donors (Lipinski definition) is 2. The summed E-state index contributed by atoms with van der Waals surface area (Å²) in [5.74, 6) is 2.66. The minimum Gasteiger partial charge on any atom is -0.314 e. The molecule has 0 radical (unpaired) electrons. The van der Waals surface area contributed by atoms with E-state index < -0.39 is 0 Å². The topological polar surface area (TPSA) is 40.2 Å². The van der Waals surface area contributed by atoms with Crippen molar-refractivity contribution in [1.29, 1.82) is 0 Å². The van der Waals surface area contributed by atoms with E-state index in [0.717, 1.165) is 32.1 Å². The van der Waals surface area contributed by atoms with Crippen LogP contribution in [-0.4, -0.2) is 53.1 Å². The first-order chi connectivity index (χ1) is 16.4. The molecular formula is C28H40N4S. The van der Waals surface area contributed by atoms with Crippen LogP contribution in [0.4, 0.5) is 0 Å². The Labute approximate surface area is 204 Å². The quantitative estimate of drug-likeness (QED) is 0.525. The van der Waals surface area contributed by atoms with Crippen LogP contribution in [0.15, 0.2) is 42.6 Å². The van der Waals surface area contributed by atoms with E-state index in [9.17, 15) is 0 Å². The fourth-order valence-corrected chi connectivity index (χ4v) is 7.00. The fraction of sp³-hybridized carbons (Fsp3) is 0.607. The van der Waals surface area contributed by atoms with Crippen LogP contribution in [0.2, 0.25) is 0 Å². The summed E-state index contributed by atoms with van der Waals surface area (Å²) in [4.78, 5) is 7.65. The molecule has 3 aliphatic rings. The Hall–Kier alpha value is -1.40. The van der Waals surface area contributed by atoms with Crippen molar-refractivity contribution in [3.63, 3.8) is 0 Å². The van der Waals surface area contributed by atoms with Gasteiger partial charge in [-0.2, -0.15) is 11.8 Å². The Kier molecular flexibility index (Phi) is 8.37. The number of rotatable bonds is 9. The zero-order valence-electron chi connectivity index (χ0n) is 20.0. The van der Waals surface area contributed by atoms with Gasteiger partial charge in [-0.05, 0) is 98.7 Å². The molecule has 0 amide bonds. The van der Waals surface area contributed by atoms with Crippen molar-refractivity contribution in [2.24, 2.45) is 0 Å². The lowest BCUT2D eigenvalue weighted by Crippen LogP contribution is -2.46. The molecule has 178 valence electrons. The lowest BCUT2D eigenvalue weighted by molar-refractivity contribution is 0.150. The third kappa shape index (κ3) is 6.19. The van der Waals surface area contributed by atoms with E-state index in [2.05, 4.69) is 63.7 Å². The van der Waals surface area contributed by atoms with Gasteiger partial charge in [0, 0.05) is 31.4 Å². The smallest absolute Gasteiger partial charge is 0.0607 e. The van der Waals surface area contributed by atoms with E-state index in [4.69, 9.17) is 4.98 Å². The van der Waals surface area contributed by atoms with E-state index >= 15 is 0 Å². The van der Waals surface area contributed by atoms with Gasteiger partial charge in [0.1, 0.15) is 0 Å². The molecule has 2 atom stereocenters. The first kappa shape index (κ1) is 23.3. The zero-order chi connectivity index (χ0) is 22.3. The number of thioether (sulfide) groups is 1. The van der Waals surface area contributed by atoms with Crippen LogP contribution in [0.25, 0.3) is 0 Å². The molecule has 2 aromatic rings. The van der Waals surface area contributed by atoms with Crippen LogP contribution in [0, 0.1) is 0 Å². The first-order valence-corrected chi connectivity index (χ1v) is 14.3. The summed E-state index contributed by atoms with van der Waals surface area (Å²) in [6, 6.07) is 15.1. The molecule has 0 saturated carbocycles. The molecule has 1 aromatic heterocycles. The number of hydrogen-bond acceptors (Lipinski definition) is 5. The number of nitrogens with one attached hydrogen (secondary N) is 2. The van der Waals surface area contributed by atoms with Crippen LogP contribution < -0.4 is 10.6 Å². The predicted octanol–water partition coefficient (Wildman–Crippen LogP) is 4.74. The van der Waals surface area contributed by atoms with Gasteiger partial charge >= 0.3 is 0 Å².